The maximum Gasteiger partial charge on any atom is 0.472 e. The molecule has 0 aliphatic heterocycles. The molecule has 0 radical (unpaired) electrons. The van der Waals surface area contributed by atoms with Crippen molar-refractivity contribution in [2.24, 2.45) is 5.73 Å². The van der Waals surface area contributed by atoms with Gasteiger partial charge < -0.3 is 20.1 Å². The summed E-state index contributed by atoms with van der Waals surface area (Å²) < 4.78 is 33.2. The average Bonchev–Trinajstić information content (AvgIpc) is 3.13. The molecule has 52 heavy (non-hydrogen) atoms. The highest BCUT2D eigenvalue weighted by Crippen LogP contribution is 2.43. The first-order chi connectivity index (χ1) is 25.4. The first-order valence-electron chi connectivity index (χ1n) is 22.2. The van der Waals surface area contributed by atoms with Gasteiger partial charge in [-0.2, -0.15) is 0 Å². The molecule has 0 heterocycles. The van der Waals surface area contributed by atoms with Crippen LogP contribution in [0.5, 0.6) is 0 Å². The van der Waals surface area contributed by atoms with Gasteiger partial charge >= 0.3 is 13.8 Å². The summed E-state index contributed by atoms with van der Waals surface area (Å²) in [4.78, 5) is 22.5. The molecule has 0 aliphatic carbocycles. The topological polar surface area (TPSA) is 117 Å². The normalized spacial score (nSPS) is 13.5. The number of esters is 1. The molecule has 0 rings (SSSR count). The van der Waals surface area contributed by atoms with Gasteiger partial charge in [-0.15, -0.1) is 0 Å². The minimum Gasteiger partial charge on any atom is -0.498 e. The van der Waals surface area contributed by atoms with Crippen molar-refractivity contribution >= 4 is 13.8 Å². The number of ether oxygens (including phenoxy) is 2. The molecule has 0 bridgehead atoms. The summed E-state index contributed by atoms with van der Waals surface area (Å²) >= 11 is 0. The third kappa shape index (κ3) is 40.3. The Hall–Kier alpha value is -0.920. The van der Waals surface area contributed by atoms with Crippen LogP contribution in [0.2, 0.25) is 0 Å². The van der Waals surface area contributed by atoms with Crippen molar-refractivity contribution in [3.8, 4) is 0 Å². The molecule has 0 aromatic heterocycles. The van der Waals surface area contributed by atoms with E-state index in [1.807, 2.05) is 6.08 Å². The molecular formula is C43H86NO7P. The van der Waals surface area contributed by atoms with Gasteiger partial charge in [0.2, 0.25) is 0 Å². The van der Waals surface area contributed by atoms with Gasteiger partial charge in [-0.05, 0) is 25.3 Å². The lowest BCUT2D eigenvalue weighted by molar-refractivity contribution is -0.153. The molecule has 2 atom stereocenters. The summed E-state index contributed by atoms with van der Waals surface area (Å²) in [5.74, 6) is -0.347. The monoisotopic (exact) mass is 760 g/mol. The number of unbranched alkanes of at least 4 members (excludes halogenated alkanes) is 30. The Bertz CT molecular complexity index is 812. The second-order valence-electron chi connectivity index (χ2n) is 15.0. The van der Waals surface area contributed by atoms with Crippen LogP contribution in [0.15, 0.2) is 12.3 Å². The van der Waals surface area contributed by atoms with Crippen molar-refractivity contribution in [1.29, 1.82) is 0 Å². The van der Waals surface area contributed by atoms with Gasteiger partial charge in [0.05, 0.1) is 19.5 Å². The van der Waals surface area contributed by atoms with Crippen LogP contribution < -0.4 is 5.73 Å². The van der Waals surface area contributed by atoms with Crippen LogP contribution in [0, 0.1) is 0 Å². The first kappa shape index (κ1) is 51.1. The minimum absolute atomic E-state index is 0.0385. The molecule has 1 unspecified atom stereocenters. The van der Waals surface area contributed by atoms with Crippen LogP contribution in [0.3, 0.4) is 0 Å². The molecular weight excluding hydrogens is 673 g/mol. The third-order valence-corrected chi connectivity index (χ3v) is 10.8. The summed E-state index contributed by atoms with van der Waals surface area (Å²) in [7, 11) is -4.28. The van der Waals surface area contributed by atoms with Gasteiger partial charge in [0.15, 0.2) is 6.10 Å². The van der Waals surface area contributed by atoms with Crippen molar-refractivity contribution < 1.29 is 32.8 Å². The molecule has 310 valence electrons. The van der Waals surface area contributed by atoms with E-state index in [1.54, 1.807) is 6.26 Å². The standard InChI is InChI=1S/C43H86NO7P/c1-3-5-7-9-11-13-15-17-19-20-21-22-23-24-26-28-30-32-34-36-43(45)51-42(41-50-52(46,47)49-39-37-44)40-48-38-35-33-31-29-27-25-18-16-14-12-10-8-6-4-2/h35,38,42H,3-34,36-37,39-41,44H2,1-2H3,(H,46,47)/b38-35-/t42-/m1/s1. The lowest BCUT2D eigenvalue weighted by Crippen LogP contribution is -2.27. The summed E-state index contributed by atoms with van der Waals surface area (Å²) in [6.45, 7) is 4.28. The molecule has 3 N–H and O–H groups in total. The first-order valence-corrected chi connectivity index (χ1v) is 23.7. The Balaban J connectivity index is 4.00. The van der Waals surface area contributed by atoms with E-state index in [1.165, 1.54) is 173 Å². The summed E-state index contributed by atoms with van der Waals surface area (Å²) in [6.07, 6.45) is 44.7. The Morgan fingerprint density at radius 2 is 0.962 bits per heavy atom. The molecule has 0 saturated carbocycles. The number of allylic oxidation sites excluding steroid dienone is 1. The summed E-state index contributed by atoms with van der Waals surface area (Å²) in [6, 6.07) is 0. The maximum atomic E-state index is 12.6. The number of rotatable bonds is 43. The van der Waals surface area contributed by atoms with Crippen LogP contribution in [0.1, 0.15) is 226 Å². The van der Waals surface area contributed by atoms with Crippen molar-refractivity contribution in [3.05, 3.63) is 12.3 Å². The highest BCUT2D eigenvalue weighted by Gasteiger charge is 2.25. The second kappa shape index (κ2) is 41.2. The highest BCUT2D eigenvalue weighted by atomic mass is 31.2. The van der Waals surface area contributed by atoms with E-state index in [0.29, 0.717) is 6.42 Å². The molecule has 9 heteroatoms. The van der Waals surface area contributed by atoms with Crippen LogP contribution >= 0.6 is 7.82 Å². The molecule has 0 aromatic rings. The number of hydrogen-bond donors (Lipinski definition) is 2. The van der Waals surface area contributed by atoms with Crippen LogP contribution in [0.4, 0.5) is 0 Å². The molecule has 0 fully saturated rings. The van der Waals surface area contributed by atoms with E-state index in [4.69, 9.17) is 24.3 Å². The molecule has 0 spiro atoms. The third-order valence-electron chi connectivity index (χ3n) is 9.78. The number of carbonyl (C=O) groups excluding carboxylic acids is 1. The molecule has 0 amide bonds. The number of nitrogens with two attached hydrogens (primary N) is 1. The van der Waals surface area contributed by atoms with Crippen LogP contribution in [-0.4, -0.2) is 43.3 Å². The van der Waals surface area contributed by atoms with Gasteiger partial charge in [-0.3, -0.25) is 13.8 Å². The smallest absolute Gasteiger partial charge is 0.472 e. The number of carbonyl (C=O) groups is 1. The van der Waals surface area contributed by atoms with E-state index < -0.39 is 13.9 Å². The van der Waals surface area contributed by atoms with Crippen LogP contribution in [-0.2, 0) is 27.9 Å². The Morgan fingerprint density at radius 1 is 0.577 bits per heavy atom. The van der Waals surface area contributed by atoms with Gasteiger partial charge in [-0.25, -0.2) is 4.57 Å². The fraction of sp³-hybridized carbons (Fsp3) is 0.930. The number of hydrogen-bond acceptors (Lipinski definition) is 7. The van der Waals surface area contributed by atoms with Gasteiger partial charge in [0.1, 0.15) is 6.61 Å². The summed E-state index contributed by atoms with van der Waals surface area (Å²) in [5, 5.41) is 0. The average molecular weight is 760 g/mol. The quantitative estimate of drug-likeness (QED) is 0.0273. The lowest BCUT2D eigenvalue weighted by Gasteiger charge is -2.19. The Kier molecular flexibility index (Phi) is 40.5. The van der Waals surface area contributed by atoms with Crippen molar-refractivity contribution in [1.82, 2.24) is 0 Å². The predicted molar refractivity (Wildman–Crippen MR) is 219 cm³/mol. The van der Waals surface area contributed by atoms with Crippen LogP contribution in [0.25, 0.3) is 0 Å². The SMILES string of the molecule is CCCCCCCCCCCCCC/C=C\OC[C@H](COP(=O)(O)OCCN)OC(=O)CCCCCCCCCCCCCCCCCCCCC. The molecule has 0 saturated heterocycles. The summed E-state index contributed by atoms with van der Waals surface area (Å²) in [5.41, 5.74) is 5.36. The van der Waals surface area contributed by atoms with E-state index >= 15 is 0 Å². The second-order valence-corrected chi connectivity index (χ2v) is 16.4. The van der Waals surface area contributed by atoms with Crippen molar-refractivity contribution in [2.45, 2.75) is 232 Å². The molecule has 0 aliphatic rings. The van der Waals surface area contributed by atoms with Gasteiger partial charge in [0.25, 0.3) is 0 Å². The van der Waals surface area contributed by atoms with E-state index in [-0.39, 0.29) is 32.3 Å². The highest BCUT2D eigenvalue weighted by molar-refractivity contribution is 7.47. The Morgan fingerprint density at radius 3 is 1.37 bits per heavy atom. The van der Waals surface area contributed by atoms with Gasteiger partial charge in [-0.1, -0.05) is 200 Å². The van der Waals surface area contributed by atoms with E-state index in [9.17, 15) is 14.3 Å². The minimum atomic E-state index is -4.28. The van der Waals surface area contributed by atoms with E-state index in [0.717, 1.165) is 32.1 Å². The zero-order valence-electron chi connectivity index (χ0n) is 34.3. The van der Waals surface area contributed by atoms with Crippen molar-refractivity contribution in [3.63, 3.8) is 0 Å². The predicted octanol–water partition coefficient (Wildman–Crippen LogP) is 13.4. The lowest BCUT2D eigenvalue weighted by atomic mass is 10.0. The van der Waals surface area contributed by atoms with E-state index in [2.05, 4.69) is 13.8 Å². The fourth-order valence-corrected chi connectivity index (χ4v) is 7.26. The largest absolute Gasteiger partial charge is 0.498 e. The zero-order chi connectivity index (χ0) is 38.1. The fourth-order valence-electron chi connectivity index (χ4n) is 6.49. The zero-order valence-corrected chi connectivity index (χ0v) is 35.2. The molecule has 0 aromatic carbocycles. The maximum absolute atomic E-state index is 12.6. The number of phosphoric acid groups is 1. The number of phosphoric ester groups is 1. The Labute approximate surface area is 322 Å². The molecule has 8 nitrogen and oxygen atoms in total. The van der Waals surface area contributed by atoms with Gasteiger partial charge in [0, 0.05) is 13.0 Å². The van der Waals surface area contributed by atoms with Crippen molar-refractivity contribution in [2.75, 3.05) is 26.4 Å².